The van der Waals surface area contributed by atoms with Crippen LogP contribution in [-0.2, 0) is 0 Å². The smallest absolute Gasteiger partial charge is 0.129 e. The lowest BCUT2D eigenvalue weighted by Crippen LogP contribution is -2.27. The van der Waals surface area contributed by atoms with Crippen LogP contribution >= 0.6 is 11.6 Å². The van der Waals surface area contributed by atoms with Crippen molar-refractivity contribution in [3.05, 3.63) is 35.0 Å². The SMILES string of the molecule is CC1(O)CCC[C]1c1ccc(Cl)nc1. The van der Waals surface area contributed by atoms with Crippen LogP contribution in [0, 0.1) is 5.92 Å². The molecule has 1 aliphatic rings. The Kier molecular flexibility index (Phi) is 2.50. The summed E-state index contributed by atoms with van der Waals surface area (Å²) in [7, 11) is 0. The van der Waals surface area contributed by atoms with Gasteiger partial charge >= 0.3 is 0 Å². The van der Waals surface area contributed by atoms with Crippen LogP contribution in [0.4, 0.5) is 0 Å². The lowest BCUT2D eigenvalue weighted by atomic mass is 9.87. The molecule has 1 fully saturated rings. The van der Waals surface area contributed by atoms with E-state index in [-0.39, 0.29) is 0 Å². The third kappa shape index (κ3) is 1.77. The molecule has 0 amide bonds. The van der Waals surface area contributed by atoms with Gasteiger partial charge in [-0.15, -0.1) is 0 Å². The Bertz CT molecular complexity index is 321. The van der Waals surface area contributed by atoms with Crippen molar-refractivity contribution in [1.82, 2.24) is 4.98 Å². The van der Waals surface area contributed by atoms with Crippen LogP contribution in [0.15, 0.2) is 18.3 Å². The van der Waals surface area contributed by atoms with Crippen LogP contribution < -0.4 is 0 Å². The van der Waals surface area contributed by atoms with Crippen LogP contribution in [-0.4, -0.2) is 15.7 Å². The second kappa shape index (κ2) is 3.52. The summed E-state index contributed by atoms with van der Waals surface area (Å²) in [6.07, 6.45) is 4.57. The lowest BCUT2D eigenvalue weighted by molar-refractivity contribution is 0.0895. The Morgan fingerprint density at radius 1 is 1.50 bits per heavy atom. The molecule has 1 unspecified atom stereocenters. The van der Waals surface area contributed by atoms with Crippen molar-refractivity contribution < 1.29 is 5.11 Å². The standard InChI is InChI=1S/C11H13ClNO/c1-11(14)6-2-3-9(11)8-4-5-10(12)13-7-8/h4-5,7,14H,2-3,6H2,1H3. The predicted molar refractivity (Wildman–Crippen MR) is 56.1 cm³/mol. The number of hydrogen-bond donors (Lipinski definition) is 1. The van der Waals surface area contributed by atoms with Crippen molar-refractivity contribution >= 4 is 11.6 Å². The molecule has 2 rings (SSSR count). The third-order valence-corrected chi connectivity index (χ3v) is 3.04. The summed E-state index contributed by atoms with van der Waals surface area (Å²) >= 11 is 5.71. The van der Waals surface area contributed by atoms with Crippen LogP contribution in [0.3, 0.4) is 0 Å². The Labute approximate surface area is 88.9 Å². The van der Waals surface area contributed by atoms with Crippen LogP contribution in [0.2, 0.25) is 5.15 Å². The fraction of sp³-hybridized carbons (Fsp3) is 0.455. The van der Waals surface area contributed by atoms with E-state index >= 15 is 0 Å². The fourth-order valence-corrected chi connectivity index (χ4v) is 2.15. The monoisotopic (exact) mass is 210 g/mol. The number of rotatable bonds is 1. The quantitative estimate of drug-likeness (QED) is 0.723. The number of aliphatic hydroxyl groups is 1. The maximum absolute atomic E-state index is 10.1. The van der Waals surface area contributed by atoms with Gasteiger partial charge in [0.2, 0.25) is 0 Å². The van der Waals surface area contributed by atoms with Crippen LogP contribution in [0.5, 0.6) is 0 Å². The van der Waals surface area contributed by atoms with E-state index in [1.807, 2.05) is 13.0 Å². The van der Waals surface area contributed by atoms with E-state index in [1.54, 1.807) is 12.3 Å². The molecular weight excluding hydrogens is 198 g/mol. The number of hydrogen-bond acceptors (Lipinski definition) is 2. The van der Waals surface area contributed by atoms with Gasteiger partial charge in [0.05, 0.1) is 5.60 Å². The summed E-state index contributed by atoms with van der Waals surface area (Å²) in [4.78, 5) is 4.02. The molecule has 1 aromatic heterocycles. The molecule has 1 radical (unpaired) electrons. The lowest BCUT2D eigenvalue weighted by Gasteiger charge is -2.24. The predicted octanol–water partition coefficient (Wildman–Crippen LogP) is 2.59. The molecule has 1 heterocycles. The van der Waals surface area contributed by atoms with Crippen LogP contribution in [0.1, 0.15) is 31.7 Å². The van der Waals surface area contributed by atoms with Gasteiger partial charge in [-0.3, -0.25) is 0 Å². The first-order valence-electron chi connectivity index (χ1n) is 4.80. The number of pyridine rings is 1. The molecule has 0 saturated heterocycles. The molecule has 0 aliphatic heterocycles. The Hall–Kier alpha value is -0.600. The van der Waals surface area contributed by atoms with E-state index in [4.69, 9.17) is 11.6 Å². The molecule has 0 aromatic carbocycles. The average Bonchev–Trinajstić information content (AvgIpc) is 2.47. The van der Waals surface area contributed by atoms with Gasteiger partial charge in [0.1, 0.15) is 5.15 Å². The summed E-state index contributed by atoms with van der Waals surface area (Å²) in [6, 6.07) is 3.68. The summed E-state index contributed by atoms with van der Waals surface area (Å²) in [5.74, 6) is 1.08. The Balaban J connectivity index is 2.27. The molecule has 1 saturated carbocycles. The number of aromatic nitrogens is 1. The highest BCUT2D eigenvalue weighted by atomic mass is 35.5. The molecule has 2 nitrogen and oxygen atoms in total. The molecule has 1 N–H and O–H groups in total. The normalized spacial score (nSPS) is 28.2. The first kappa shape index (κ1) is 9.94. The van der Waals surface area contributed by atoms with Crippen molar-refractivity contribution in [2.24, 2.45) is 0 Å². The minimum Gasteiger partial charge on any atom is -0.389 e. The summed E-state index contributed by atoms with van der Waals surface area (Å²) in [6.45, 7) is 1.87. The summed E-state index contributed by atoms with van der Waals surface area (Å²) < 4.78 is 0. The van der Waals surface area contributed by atoms with Crippen molar-refractivity contribution in [3.63, 3.8) is 0 Å². The van der Waals surface area contributed by atoms with E-state index in [0.717, 1.165) is 30.7 Å². The molecule has 1 aromatic rings. The van der Waals surface area contributed by atoms with Crippen molar-refractivity contribution in [2.45, 2.75) is 31.8 Å². The molecule has 75 valence electrons. The van der Waals surface area contributed by atoms with E-state index < -0.39 is 5.60 Å². The van der Waals surface area contributed by atoms with Crippen molar-refractivity contribution in [1.29, 1.82) is 0 Å². The average molecular weight is 211 g/mol. The molecular formula is C11H13ClNO. The fourth-order valence-electron chi connectivity index (χ4n) is 2.04. The maximum Gasteiger partial charge on any atom is 0.129 e. The number of halogens is 1. The minimum atomic E-state index is -0.657. The summed E-state index contributed by atoms with van der Waals surface area (Å²) in [5, 5.41) is 10.6. The molecule has 3 heteroatoms. The maximum atomic E-state index is 10.1. The highest BCUT2D eigenvalue weighted by Gasteiger charge is 2.38. The van der Waals surface area contributed by atoms with Gasteiger partial charge in [0, 0.05) is 12.1 Å². The van der Waals surface area contributed by atoms with Gasteiger partial charge in [-0.05, 0) is 37.8 Å². The van der Waals surface area contributed by atoms with E-state index in [1.165, 1.54) is 0 Å². The zero-order chi connectivity index (χ0) is 10.2. The summed E-state index contributed by atoms with van der Waals surface area (Å²) in [5.41, 5.74) is 0.354. The third-order valence-electron chi connectivity index (χ3n) is 2.82. The van der Waals surface area contributed by atoms with Gasteiger partial charge < -0.3 is 5.11 Å². The highest BCUT2D eigenvalue weighted by Crippen LogP contribution is 2.41. The van der Waals surface area contributed by atoms with Gasteiger partial charge in [0.15, 0.2) is 0 Å². The van der Waals surface area contributed by atoms with E-state index in [9.17, 15) is 5.11 Å². The highest BCUT2D eigenvalue weighted by molar-refractivity contribution is 6.29. The molecule has 0 spiro atoms. The van der Waals surface area contributed by atoms with Crippen molar-refractivity contribution in [2.75, 3.05) is 0 Å². The zero-order valence-corrected chi connectivity index (χ0v) is 8.88. The molecule has 1 atom stereocenters. The van der Waals surface area contributed by atoms with Gasteiger partial charge in [-0.2, -0.15) is 0 Å². The van der Waals surface area contributed by atoms with Gasteiger partial charge in [0.25, 0.3) is 0 Å². The second-order valence-electron chi connectivity index (χ2n) is 3.98. The van der Waals surface area contributed by atoms with Crippen LogP contribution in [0.25, 0.3) is 0 Å². The minimum absolute atomic E-state index is 0.493. The Morgan fingerprint density at radius 2 is 2.29 bits per heavy atom. The molecule has 0 bridgehead atoms. The largest absolute Gasteiger partial charge is 0.389 e. The molecule has 14 heavy (non-hydrogen) atoms. The van der Waals surface area contributed by atoms with E-state index in [0.29, 0.717) is 5.15 Å². The van der Waals surface area contributed by atoms with Gasteiger partial charge in [-0.1, -0.05) is 17.7 Å². The second-order valence-corrected chi connectivity index (χ2v) is 4.36. The number of nitrogens with zero attached hydrogens (tertiary/aromatic N) is 1. The van der Waals surface area contributed by atoms with E-state index in [2.05, 4.69) is 4.98 Å². The first-order chi connectivity index (χ1) is 6.59. The Morgan fingerprint density at radius 3 is 2.79 bits per heavy atom. The van der Waals surface area contributed by atoms with Gasteiger partial charge in [-0.25, -0.2) is 4.98 Å². The van der Waals surface area contributed by atoms with Crippen molar-refractivity contribution in [3.8, 4) is 0 Å². The first-order valence-corrected chi connectivity index (χ1v) is 5.18. The topological polar surface area (TPSA) is 33.1 Å². The molecule has 1 aliphatic carbocycles. The zero-order valence-electron chi connectivity index (χ0n) is 8.13.